The number of aryl methyl sites for hydroxylation is 1. The van der Waals surface area contributed by atoms with E-state index in [1.807, 2.05) is 20.0 Å². The van der Waals surface area contributed by atoms with Crippen molar-refractivity contribution in [2.75, 3.05) is 42.6 Å². The van der Waals surface area contributed by atoms with Crippen LogP contribution < -0.4 is 16.0 Å². The molecule has 35 heavy (non-hydrogen) atoms. The number of nitrogens with two attached hydrogens (primary N) is 1. The number of likely N-dealkylation sites (tertiary alicyclic amines) is 1. The molecule has 2 aliphatic rings. The number of fused-ring (bicyclic) bond motifs is 1. The minimum Gasteiger partial charge on any atom is -0.399 e. The number of hydrogen-bond acceptors (Lipinski definition) is 8. The minimum absolute atomic E-state index is 0.0267. The summed E-state index contributed by atoms with van der Waals surface area (Å²) in [4.78, 5) is 24.7. The Hall–Kier alpha value is -3.70. The first-order valence-electron chi connectivity index (χ1n) is 11.2. The lowest BCUT2D eigenvalue weighted by atomic mass is 9.78. The highest BCUT2D eigenvalue weighted by Crippen LogP contribution is 2.42. The van der Waals surface area contributed by atoms with E-state index in [4.69, 9.17) is 5.73 Å². The molecule has 1 amide bonds. The average Bonchev–Trinajstić information content (AvgIpc) is 3.08. The van der Waals surface area contributed by atoms with Crippen LogP contribution in [0.4, 0.5) is 30.5 Å². The highest BCUT2D eigenvalue weighted by Gasteiger charge is 2.54. The van der Waals surface area contributed by atoms with Crippen molar-refractivity contribution in [3.05, 3.63) is 41.5 Å². The molecule has 3 aromatic heterocycles. The van der Waals surface area contributed by atoms with Gasteiger partial charge in [0.1, 0.15) is 11.5 Å². The Bertz CT molecular complexity index is 1320. The number of nitrogens with one attached hydrogen (secondary N) is 1. The third kappa shape index (κ3) is 3.96. The molecule has 184 valence electrons. The van der Waals surface area contributed by atoms with E-state index in [1.165, 1.54) is 6.07 Å². The number of anilines is 3. The van der Waals surface area contributed by atoms with Gasteiger partial charge < -0.3 is 20.9 Å². The van der Waals surface area contributed by atoms with Crippen LogP contribution in [-0.4, -0.2) is 57.7 Å². The lowest BCUT2D eigenvalue weighted by Crippen LogP contribution is -2.60. The molecule has 2 saturated heterocycles. The molecule has 1 atom stereocenters. The first-order chi connectivity index (χ1) is 16.5. The van der Waals surface area contributed by atoms with E-state index in [2.05, 4.69) is 30.4 Å². The maximum Gasteiger partial charge on any atom is 0.433 e. The zero-order valence-electron chi connectivity index (χ0n) is 19.5. The maximum absolute atomic E-state index is 13.2. The summed E-state index contributed by atoms with van der Waals surface area (Å²) in [7, 11) is 1.82. The number of carbonyl (C=O) groups excluding carboxylic acids is 1. The molecule has 0 radical (unpaired) electrons. The summed E-state index contributed by atoms with van der Waals surface area (Å²) in [5, 5.41) is 13.0. The molecule has 12 heteroatoms. The summed E-state index contributed by atoms with van der Waals surface area (Å²) in [5.74, 6) is 1.27. The van der Waals surface area contributed by atoms with Gasteiger partial charge in [-0.3, -0.25) is 4.79 Å². The molecule has 0 aromatic carbocycles. The number of rotatable bonds is 4. The molecule has 3 N–H and O–H groups in total. The van der Waals surface area contributed by atoms with E-state index in [0.29, 0.717) is 30.4 Å². The zero-order valence-corrected chi connectivity index (χ0v) is 19.5. The van der Waals surface area contributed by atoms with Crippen LogP contribution >= 0.6 is 0 Å². The summed E-state index contributed by atoms with van der Waals surface area (Å²) < 4.78 is 39.6. The van der Waals surface area contributed by atoms with Crippen molar-refractivity contribution in [3.8, 4) is 0 Å². The fourth-order valence-corrected chi connectivity index (χ4v) is 4.80. The lowest BCUT2D eigenvalue weighted by molar-refractivity contribution is -0.141. The van der Waals surface area contributed by atoms with E-state index in [-0.39, 0.29) is 22.7 Å². The van der Waals surface area contributed by atoms with E-state index < -0.39 is 17.9 Å². The van der Waals surface area contributed by atoms with Crippen molar-refractivity contribution in [2.24, 2.45) is 5.41 Å². The molecule has 3 aromatic rings. The molecule has 0 saturated carbocycles. The van der Waals surface area contributed by atoms with Gasteiger partial charge in [-0.15, -0.1) is 5.10 Å². The second-order valence-corrected chi connectivity index (χ2v) is 9.41. The number of nitrogens with zero attached hydrogens (tertiary/aromatic N) is 6. The summed E-state index contributed by atoms with van der Waals surface area (Å²) in [6, 6.07) is 3.45. The van der Waals surface area contributed by atoms with Crippen molar-refractivity contribution in [2.45, 2.75) is 32.5 Å². The van der Waals surface area contributed by atoms with Crippen LogP contribution in [0.5, 0.6) is 0 Å². The van der Waals surface area contributed by atoms with Crippen LogP contribution in [0, 0.1) is 12.3 Å². The van der Waals surface area contributed by atoms with E-state index in [1.54, 1.807) is 18.0 Å². The van der Waals surface area contributed by atoms with Crippen molar-refractivity contribution in [3.63, 3.8) is 0 Å². The Balaban J connectivity index is 1.44. The molecule has 5 heterocycles. The van der Waals surface area contributed by atoms with Gasteiger partial charge in [0.2, 0.25) is 5.91 Å². The van der Waals surface area contributed by atoms with Crippen molar-refractivity contribution < 1.29 is 18.0 Å². The largest absolute Gasteiger partial charge is 0.433 e. The topological polar surface area (TPSA) is 113 Å². The Labute approximate surface area is 199 Å². The number of amides is 1. The lowest BCUT2D eigenvalue weighted by Gasteiger charge is -2.47. The predicted octanol–water partition coefficient (Wildman–Crippen LogP) is 3.17. The van der Waals surface area contributed by atoms with Crippen LogP contribution in [0.1, 0.15) is 36.5 Å². The molecular formula is C23H25F3N8O. The van der Waals surface area contributed by atoms with Crippen LogP contribution in [0.2, 0.25) is 0 Å². The standard InChI is InChI=1S/C23H25F3N8O/c1-12-16-9-28-19(34-10-22(11-34)4-5-33(3)21(22)35)8-15(16)20(32-31-12)29-13(2)17-6-14(27)7-18(30-17)23(24,25)26/h6-9,13H,4-5,10-11H2,1-3H3,(H2,27,30)(H,29,32)/t13-/m1/s1. The fourth-order valence-electron chi connectivity index (χ4n) is 4.80. The number of halogens is 3. The van der Waals surface area contributed by atoms with Crippen LogP contribution in [0.15, 0.2) is 24.4 Å². The van der Waals surface area contributed by atoms with Gasteiger partial charge in [0.15, 0.2) is 5.82 Å². The fraction of sp³-hybridized carbons (Fsp3) is 0.435. The van der Waals surface area contributed by atoms with Gasteiger partial charge >= 0.3 is 6.18 Å². The van der Waals surface area contributed by atoms with Gasteiger partial charge in [0.05, 0.1) is 22.8 Å². The molecule has 2 aliphatic heterocycles. The predicted molar refractivity (Wildman–Crippen MR) is 125 cm³/mol. The zero-order chi connectivity index (χ0) is 25.1. The molecule has 2 fully saturated rings. The van der Waals surface area contributed by atoms with Crippen molar-refractivity contribution in [1.82, 2.24) is 25.1 Å². The molecule has 0 unspecified atom stereocenters. The highest BCUT2D eigenvalue weighted by atomic mass is 19.4. The number of alkyl halides is 3. The third-order valence-electron chi connectivity index (χ3n) is 6.83. The summed E-state index contributed by atoms with van der Waals surface area (Å²) in [6.07, 6.45) is -2.07. The summed E-state index contributed by atoms with van der Waals surface area (Å²) >= 11 is 0. The normalized spacial score (nSPS) is 18.3. The SMILES string of the molecule is Cc1nnc(N[C@H](C)c2cc(N)cc(C(F)(F)F)n2)c2cc(N3CC4(CCN(C)C4=O)C3)ncc12. The Kier molecular flexibility index (Phi) is 5.22. The monoisotopic (exact) mass is 486 g/mol. The number of aromatic nitrogens is 4. The van der Waals surface area contributed by atoms with Crippen molar-refractivity contribution in [1.29, 1.82) is 0 Å². The number of carbonyl (C=O) groups is 1. The second kappa shape index (κ2) is 7.92. The van der Waals surface area contributed by atoms with Crippen LogP contribution in [0.3, 0.4) is 0 Å². The van der Waals surface area contributed by atoms with E-state index in [9.17, 15) is 18.0 Å². The minimum atomic E-state index is -4.61. The maximum atomic E-state index is 13.2. The Morgan fingerprint density at radius 2 is 1.91 bits per heavy atom. The Morgan fingerprint density at radius 1 is 1.17 bits per heavy atom. The van der Waals surface area contributed by atoms with Gasteiger partial charge in [-0.1, -0.05) is 0 Å². The molecule has 0 aliphatic carbocycles. The molecule has 9 nitrogen and oxygen atoms in total. The van der Waals surface area contributed by atoms with Gasteiger partial charge in [-0.05, 0) is 38.5 Å². The number of hydrogen-bond donors (Lipinski definition) is 2. The average molecular weight is 487 g/mol. The van der Waals surface area contributed by atoms with Gasteiger partial charge in [-0.25, -0.2) is 9.97 Å². The van der Waals surface area contributed by atoms with E-state index in [0.717, 1.165) is 29.8 Å². The Morgan fingerprint density at radius 3 is 2.57 bits per heavy atom. The van der Waals surface area contributed by atoms with Gasteiger partial charge in [0, 0.05) is 49.3 Å². The van der Waals surface area contributed by atoms with Crippen LogP contribution in [-0.2, 0) is 11.0 Å². The van der Waals surface area contributed by atoms with Crippen LogP contribution in [0.25, 0.3) is 10.8 Å². The van der Waals surface area contributed by atoms with Gasteiger partial charge in [0.25, 0.3) is 0 Å². The van der Waals surface area contributed by atoms with Crippen molar-refractivity contribution >= 4 is 34.0 Å². The molecule has 1 spiro atoms. The molecular weight excluding hydrogens is 461 g/mol. The highest BCUT2D eigenvalue weighted by molar-refractivity contribution is 5.95. The van der Waals surface area contributed by atoms with Gasteiger partial charge in [-0.2, -0.15) is 18.3 Å². The summed E-state index contributed by atoms with van der Waals surface area (Å²) in [6.45, 7) is 5.44. The summed E-state index contributed by atoms with van der Waals surface area (Å²) in [5.41, 5.74) is 5.09. The van der Waals surface area contributed by atoms with E-state index >= 15 is 0 Å². The first-order valence-corrected chi connectivity index (χ1v) is 11.2. The quantitative estimate of drug-likeness (QED) is 0.578. The number of pyridine rings is 2. The molecule has 5 rings (SSSR count). The smallest absolute Gasteiger partial charge is 0.399 e. The third-order valence-corrected chi connectivity index (χ3v) is 6.83. The number of nitrogen functional groups attached to an aromatic ring is 1. The first kappa shape index (κ1) is 23.1. The second-order valence-electron chi connectivity index (χ2n) is 9.41. The molecule has 0 bridgehead atoms.